The second-order valence-electron chi connectivity index (χ2n) is 5.56. The van der Waals surface area contributed by atoms with Gasteiger partial charge in [0.25, 0.3) is 0 Å². The first kappa shape index (κ1) is 15.5. The molecule has 0 fully saturated rings. The first-order chi connectivity index (χ1) is 10.1. The van der Waals surface area contributed by atoms with Crippen molar-refractivity contribution in [2.75, 3.05) is 18.0 Å². The van der Waals surface area contributed by atoms with E-state index in [1.807, 2.05) is 36.1 Å². The molecule has 0 spiro atoms. The Bertz CT molecular complexity index is 513. The number of carbonyl (C=O) groups is 2. The summed E-state index contributed by atoms with van der Waals surface area (Å²) in [6.07, 6.45) is 3.78. The number of benzene rings is 1. The van der Waals surface area contributed by atoms with E-state index in [0.29, 0.717) is 13.0 Å². The van der Waals surface area contributed by atoms with Crippen LogP contribution in [0, 0.1) is 0 Å². The molecule has 1 amide bonds. The molecule has 0 saturated heterocycles. The molecule has 0 saturated carbocycles. The van der Waals surface area contributed by atoms with Crippen LogP contribution in [0.4, 0.5) is 5.69 Å². The number of hydrogen-bond donors (Lipinski definition) is 1. The van der Waals surface area contributed by atoms with Crippen molar-refractivity contribution in [1.29, 1.82) is 0 Å². The lowest BCUT2D eigenvalue weighted by atomic mass is 9.99. The number of carbonyl (C=O) groups excluding carboxylic acids is 2. The van der Waals surface area contributed by atoms with Gasteiger partial charge in [-0.1, -0.05) is 31.9 Å². The molecule has 1 atom stereocenters. The van der Waals surface area contributed by atoms with E-state index in [0.717, 1.165) is 37.1 Å². The van der Waals surface area contributed by atoms with Crippen molar-refractivity contribution >= 4 is 17.4 Å². The van der Waals surface area contributed by atoms with Gasteiger partial charge >= 0.3 is 0 Å². The van der Waals surface area contributed by atoms with E-state index in [2.05, 4.69) is 12.2 Å². The zero-order chi connectivity index (χ0) is 15.2. The van der Waals surface area contributed by atoms with Gasteiger partial charge in [-0.25, -0.2) is 0 Å². The molecule has 0 bridgehead atoms. The third-order valence-corrected chi connectivity index (χ3v) is 4.02. The van der Waals surface area contributed by atoms with Crippen LogP contribution in [0.25, 0.3) is 0 Å². The van der Waals surface area contributed by atoms with E-state index in [9.17, 15) is 9.59 Å². The van der Waals surface area contributed by atoms with Gasteiger partial charge in [0.2, 0.25) is 5.91 Å². The molecule has 1 unspecified atom stereocenters. The summed E-state index contributed by atoms with van der Waals surface area (Å²) in [6, 6.07) is 7.30. The Hall–Kier alpha value is -1.84. The third kappa shape index (κ3) is 3.63. The summed E-state index contributed by atoms with van der Waals surface area (Å²) < 4.78 is 0. The average Bonchev–Trinajstić information content (AvgIpc) is 2.51. The molecule has 2 rings (SSSR count). The molecule has 1 aliphatic rings. The lowest BCUT2D eigenvalue weighted by Crippen LogP contribution is -2.48. The van der Waals surface area contributed by atoms with E-state index in [4.69, 9.17) is 0 Å². The number of hydrogen-bond acceptors (Lipinski definition) is 3. The fourth-order valence-corrected chi connectivity index (χ4v) is 2.72. The molecular formula is C17H24N2O2. The number of amides is 1. The van der Waals surface area contributed by atoms with Crippen molar-refractivity contribution in [3.05, 3.63) is 29.8 Å². The van der Waals surface area contributed by atoms with Crippen LogP contribution in [0.1, 0.15) is 49.9 Å². The molecule has 4 heteroatoms. The smallest absolute Gasteiger partial charge is 0.242 e. The van der Waals surface area contributed by atoms with Gasteiger partial charge in [-0.15, -0.1) is 0 Å². The Labute approximate surface area is 126 Å². The summed E-state index contributed by atoms with van der Waals surface area (Å²) in [6.45, 7) is 5.39. The summed E-state index contributed by atoms with van der Waals surface area (Å²) in [7, 11) is 0. The van der Waals surface area contributed by atoms with Crippen molar-refractivity contribution in [2.24, 2.45) is 0 Å². The maximum absolute atomic E-state index is 12.3. The van der Waals surface area contributed by atoms with Gasteiger partial charge in [-0.2, -0.15) is 0 Å². The molecule has 21 heavy (non-hydrogen) atoms. The minimum atomic E-state index is -0.249. The number of fused-ring (bicyclic) bond motifs is 1. The van der Waals surface area contributed by atoms with Gasteiger partial charge in [0.05, 0.1) is 0 Å². The second kappa shape index (κ2) is 7.25. The van der Waals surface area contributed by atoms with Gasteiger partial charge in [0, 0.05) is 30.8 Å². The predicted octanol–water partition coefficient (Wildman–Crippen LogP) is 2.77. The van der Waals surface area contributed by atoms with Crippen molar-refractivity contribution < 1.29 is 9.59 Å². The van der Waals surface area contributed by atoms with Crippen LogP contribution in [0.3, 0.4) is 0 Å². The molecule has 1 N–H and O–H groups in total. The molecule has 1 aliphatic heterocycles. The maximum Gasteiger partial charge on any atom is 0.242 e. The highest BCUT2D eigenvalue weighted by atomic mass is 16.2. The van der Waals surface area contributed by atoms with E-state index in [-0.39, 0.29) is 17.7 Å². The van der Waals surface area contributed by atoms with Gasteiger partial charge in [0.1, 0.15) is 6.04 Å². The molecule has 1 aromatic rings. The van der Waals surface area contributed by atoms with E-state index in [1.165, 1.54) is 0 Å². The van der Waals surface area contributed by atoms with Crippen LogP contribution in [-0.2, 0) is 4.79 Å². The lowest BCUT2D eigenvalue weighted by molar-refractivity contribution is -0.122. The molecule has 1 heterocycles. The number of para-hydroxylation sites is 1. The first-order valence-electron chi connectivity index (χ1n) is 7.81. The Morgan fingerprint density at radius 3 is 2.86 bits per heavy atom. The summed E-state index contributed by atoms with van der Waals surface area (Å²) in [5, 5.41) is 2.99. The van der Waals surface area contributed by atoms with Crippen LogP contribution < -0.4 is 10.2 Å². The second-order valence-corrected chi connectivity index (χ2v) is 5.56. The standard InChI is InChI=1S/C17H24N2O2/c1-3-4-7-11-18-17(21)13(2)19-12-10-16(20)14-8-5-6-9-15(14)19/h5-6,8-9,13H,3-4,7,10-12H2,1-2H3,(H,18,21). The van der Waals surface area contributed by atoms with E-state index in [1.54, 1.807) is 0 Å². The third-order valence-electron chi connectivity index (χ3n) is 4.02. The van der Waals surface area contributed by atoms with E-state index < -0.39 is 0 Å². The lowest BCUT2D eigenvalue weighted by Gasteiger charge is -2.34. The zero-order valence-corrected chi connectivity index (χ0v) is 12.9. The fraction of sp³-hybridized carbons (Fsp3) is 0.529. The highest BCUT2D eigenvalue weighted by Gasteiger charge is 2.28. The normalized spacial score (nSPS) is 15.5. The molecule has 1 aromatic carbocycles. The van der Waals surface area contributed by atoms with Crippen molar-refractivity contribution in [2.45, 2.75) is 45.6 Å². The Morgan fingerprint density at radius 2 is 2.10 bits per heavy atom. The number of nitrogens with zero attached hydrogens (tertiary/aromatic N) is 1. The van der Waals surface area contributed by atoms with Gasteiger partial charge in [-0.3, -0.25) is 9.59 Å². The Balaban J connectivity index is 2.03. The quantitative estimate of drug-likeness (QED) is 0.819. The molecule has 0 radical (unpaired) electrons. The largest absolute Gasteiger partial charge is 0.359 e. The van der Waals surface area contributed by atoms with Crippen molar-refractivity contribution in [3.63, 3.8) is 0 Å². The van der Waals surface area contributed by atoms with Gasteiger partial charge in [0.15, 0.2) is 5.78 Å². The highest BCUT2D eigenvalue weighted by molar-refractivity contribution is 6.04. The minimum absolute atomic E-state index is 0.0373. The molecule has 0 aliphatic carbocycles. The SMILES string of the molecule is CCCCCNC(=O)C(C)N1CCC(=O)c2ccccc21. The summed E-state index contributed by atoms with van der Waals surface area (Å²) in [4.78, 5) is 26.2. The number of rotatable bonds is 6. The molecule has 4 nitrogen and oxygen atoms in total. The van der Waals surface area contributed by atoms with Crippen LogP contribution in [0.2, 0.25) is 0 Å². The van der Waals surface area contributed by atoms with E-state index >= 15 is 0 Å². The van der Waals surface area contributed by atoms with Crippen molar-refractivity contribution in [1.82, 2.24) is 5.32 Å². The summed E-state index contributed by atoms with van der Waals surface area (Å²) in [5.41, 5.74) is 1.61. The number of Topliss-reactive ketones (excluding diaryl/α,β-unsaturated/α-hetero) is 1. The minimum Gasteiger partial charge on any atom is -0.359 e. The number of ketones is 1. The number of unbranched alkanes of at least 4 members (excludes halogenated alkanes) is 2. The van der Waals surface area contributed by atoms with Crippen molar-refractivity contribution in [3.8, 4) is 0 Å². The first-order valence-corrected chi connectivity index (χ1v) is 7.81. The molecule has 114 valence electrons. The van der Waals surface area contributed by atoms with Crippen LogP contribution in [0.5, 0.6) is 0 Å². The van der Waals surface area contributed by atoms with Crippen LogP contribution in [-0.4, -0.2) is 30.8 Å². The van der Waals surface area contributed by atoms with Gasteiger partial charge < -0.3 is 10.2 Å². The molecular weight excluding hydrogens is 264 g/mol. The number of nitrogens with one attached hydrogen (secondary N) is 1. The summed E-state index contributed by atoms with van der Waals surface area (Å²) in [5.74, 6) is 0.202. The zero-order valence-electron chi connectivity index (χ0n) is 12.9. The maximum atomic E-state index is 12.3. The molecule has 0 aromatic heterocycles. The number of anilines is 1. The summed E-state index contributed by atoms with van der Waals surface area (Å²) >= 11 is 0. The van der Waals surface area contributed by atoms with Crippen LogP contribution in [0.15, 0.2) is 24.3 Å². The fourth-order valence-electron chi connectivity index (χ4n) is 2.72. The topological polar surface area (TPSA) is 49.4 Å². The van der Waals surface area contributed by atoms with Crippen LogP contribution >= 0.6 is 0 Å². The predicted molar refractivity (Wildman–Crippen MR) is 84.7 cm³/mol. The Morgan fingerprint density at radius 1 is 1.33 bits per heavy atom. The highest BCUT2D eigenvalue weighted by Crippen LogP contribution is 2.28. The van der Waals surface area contributed by atoms with Gasteiger partial charge in [-0.05, 0) is 25.5 Å². The average molecular weight is 288 g/mol. The Kier molecular flexibility index (Phi) is 5.37. The monoisotopic (exact) mass is 288 g/mol.